The van der Waals surface area contributed by atoms with Gasteiger partial charge in [0.05, 0.1) is 0 Å². The van der Waals surface area contributed by atoms with Gasteiger partial charge in [-0.2, -0.15) is 12.6 Å². The van der Waals surface area contributed by atoms with Gasteiger partial charge in [-0.3, -0.25) is 19.4 Å². The van der Waals surface area contributed by atoms with Gasteiger partial charge in [-0.25, -0.2) is 4.79 Å². The van der Waals surface area contributed by atoms with Gasteiger partial charge in [-0.1, -0.05) is 6.07 Å². The second kappa shape index (κ2) is 12.3. The van der Waals surface area contributed by atoms with Crippen molar-refractivity contribution in [2.45, 2.75) is 31.3 Å². The fourth-order valence-corrected chi connectivity index (χ4v) is 2.54. The summed E-state index contributed by atoms with van der Waals surface area (Å²) in [6.45, 7) is -0.606. The van der Waals surface area contributed by atoms with Crippen molar-refractivity contribution in [2.24, 2.45) is 4.99 Å². The molecule has 0 spiro atoms. The van der Waals surface area contributed by atoms with Gasteiger partial charge in [0.15, 0.2) is 0 Å². The lowest BCUT2D eigenvalue weighted by Gasteiger charge is -2.16. The molecule has 1 aromatic carbocycles. The third kappa shape index (κ3) is 8.82. The molecule has 2 atom stereocenters. The van der Waals surface area contributed by atoms with Crippen molar-refractivity contribution in [3.05, 3.63) is 23.8 Å². The Morgan fingerprint density at radius 1 is 1.17 bits per heavy atom. The summed E-state index contributed by atoms with van der Waals surface area (Å²) in [7, 11) is 0. The molecule has 0 aromatic heterocycles. The summed E-state index contributed by atoms with van der Waals surface area (Å²) < 4.78 is 0. The molecular weight excluding hydrogens is 418 g/mol. The molecule has 164 valence electrons. The third-order valence-electron chi connectivity index (χ3n) is 3.84. The lowest BCUT2D eigenvalue weighted by molar-refractivity contribution is -0.139. The van der Waals surface area contributed by atoms with Gasteiger partial charge in [0.25, 0.3) is 0 Å². The van der Waals surface area contributed by atoms with E-state index in [1.54, 1.807) is 0 Å². The SMILES string of the molecule is O=C(O)CNC(=O)[C@H](CS)NC(=O)CC[C@H](N=CCc1ccc(O)cc1O)C(=O)O. The minimum Gasteiger partial charge on any atom is -0.508 e. The van der Waals surface area contributed by atoms with Crippen LogP contribution in [-0.2, 0) is 25.6 Å². The van der Waals surface area contributed by atoms with E-state index in [0.717, 1.165) is 6.07 Å². The highest BCUT2D eigenvalue weighted by Gasteiger charge is 2.22. The van der Waals surface area contributed by atoms with Crippen LogP contribution in [0.2, 0.25) is 0 Å². The first kappa shape index (κ1) is 24.8. The van der Waals surface area contributed by atoms with Crippen LogP contribution in [0.5, 0.6) is 11.5 Å². The predicted octanol–water partition coefficient (Wildman–Crippen LogP) is -0.440. The summed E-state index contributed by atoms with van der Waals surface area (Å²) in [5.41, 5.74) is 0.433. The molecular formula is C18H23N3O8S. The van der Waals surface area contributed by atoms with Gasteiger partial charge in [-0.05, 0) is 18.1 Å². The van der Waals surface area contributed by atoms with Crippen LogP contribution in [0.3, 0.4) is 0 Å². The van der Waals surface area contributed by atoms with E-state index in [-0.39, 0.29) is 36.5 Å². The lowest BCUT2D eigenvalue weighted by Crippen LogP contribution is -2.49. The molecule has 0 aliphatic rings. The molecule has 11 nitrogen and oxygen atoms in total. The summed E-state index contributed by atoms with van der Waals surface area (Å²) in [5, 5.41) is 41.2. The number of nitrogens with one attached hydrogen (secondary N) is 2. The molecule has 6 N–H and O–H groups in total. The second-order valence-corrected chi connectivity index (χ2v) is 6.52. The summed E-state index contributed by atoms with van der Waals surface area (Å²) >= 11 is 3.93. The predicted molar refractivity (Wildman–Crippen MR) is 109 cm³/mol. The van der Waals surface area contributed by atoms with Gasteiger partial charge < -0.3 is 31.1 Å². The summed E-state index contributed by atoms with van der Waals surface area (Å²) in [4.78, 5) is 49.5. The van der Waals surface area contributed by atoms with E-state index in [4.69, 9.17) is 5.11 Å². The number of rotatable bonds is 12. The van der Waals surface area contributed by atoms with Crippen LogP contribution in [-0.4, -0.2) is 74.8 Å². The lowest BCUT2D eigenvalue weighted by atomic mass is 10.1. The number of benzene rings is 1. The van der Waals surface area contributed by atoms with Crippen LogP contribution in [0, 0.1) is 0 Å². The Kier molecular flexibility index (Phi) is 10.2. The van der Waals surface area contributed by atoms with E-state index >= 15 is 0 Å². The number of hydrogen-bond donors (Lipinski definition) is 7. The molecule has 0 saturated carbocycles. The van der Waals surface area contributed by atoms with Gasteiger partial charge in [0.1, 0.15) is 30.1 Å². The first-order valence-corrected chi connectivity index (χ1v) is 9.42. The molecule has 0 unspecified atom stereocenters. The number of carbonyl (C=O) groups is 4. The second-order valence-electron chi connectivity index (χ2n) is 6.16. The highest BCUT2D eigenvalue weighted by molar-refractivity contribution is 7.80. The van der Waals surface area contributed by atoms with Gasteiger partial charge in [0, 0.05) is 30.9 Å². The number of amides is 2. The smallest absolute Gasteiger partial charge is 0.328 e. The van der Waals surface area contributed by atoms with Crippen molar-refractivity contribution in [2.75, 3.05) is 12.3 Å². The standard InChI is InChI=1S/C18H23N3O8S/c22-11-2-1-10(14(23)7-11)5-6-19-12(18(28)29)3-4-15(24)21-13(9-30)17(27)20-8-16(25)26/h1-2,6-7,12-13,22-23,30H,3-5,8-9H2,(H,20,27)(H,21,24)(H,25,26)(H,28,29)/t12-,13-/m0/s1. The van der Waals surface area contributed by atoms with Crippen LogP contribution in [0.15, 0.2) is 23.2 Å². The third-order valence-corrected chi connectivity index (χ3v) is 4.21. The summed E-state index contributed by atoms with van der Waals surface area (Å²) in [6, 6.07) is 1.70. The molecule has 30 heavy (non-hydrogen) atoms. The largest absolute Gasteiger partial charge is 0.508 e. The quantitative estimate of drug-likeness (QED) is 0.168. The number of phenolic OH excluding ortho intramolecular Hbond substituents is 2. The van der Waals surface area contributed by atoms with Crippen LogP contribution in [0.4, 0.5) is 0 Å². The molecule has 0 radical (unpaired) electrons. The number of thiol groups is 1. The monoisotopic (exact) mass is 441 g/mol. The molecule has 0 fully saturated rings. The maximum absolute atomic E-state index is 12.0. The van der Waals surface area contributed by atoms with E-state index in [1.807, 2.05) is 0 Å². The number of nitrogens with zero attached hydrogens (tertiary/aromatic N) is 1. The number of phenols is 2. The first-order chi connectivity index (χ1) is 14.1. The van der Waals surface area contributed by atoms with Crippen molar-refractivity contribution >= 4 is 42.6 Å². The Labute approximate surface area is 177 Å². The van der Waals surface area contributed by atoms with Gasteiger partial charge in [0.2, 0.25) is 11.8 Å². The minimum absolute atomic E-state index is 0.0756. The Morgan fingerprint density at radius 2 is 1.87 bits per heavy atom. The molecule has 0 aliphatic carbocycles. The Balaban J connectivity index is 2.58. The fraction of sp³-hybridized carbons (Fsp3) is 0.389. The molecule has 1 aromatic rings. The van der Waals surface area contributed by atoms with Crippen LogP contribution >= 0.6 is 12.6 Å². The van der Waals surface area contributed by atoms with Gasteiger partial charge in [-0.15, -0.1) is 0 Å². The number of carboxylic acid groups (broad SMARTS) is 2. The van der Waals surface area contributed by atoms with Crippen LogP contribution in [0.1, 0.15) is 18.4 Å². The van der Waals surface area contributed by atoms with Crippen molar-refractivity contribution in [1.29, 1.82) is 0 Å². The van der Waals surface area contributed by atoms with Crippen molar-refractivity contribution < 1.29 is 39.6 Å². The average molecular weight is 441 g/mol. The van der Waals surface area contributed by atoms with E-state index in [0.29, 0.717) is 5.56 Å². The van der Waals surface area contributed by atoms with Crippen LogP contribution < -0.4 is 10.6 Å². The van der Waals surface area contributed by atoms with Gasteiger partial charge >= 0.3 is 11.9 Å². The van der Waals surface area contributed by atoms with E-state index in [2.05, 4.69) is 28.3 Å². The maximum Gasteiger partial charge on any atom is 0.328 e. The molecule has 1 rings (SSSR count). The zero-order chi connectivity index (χ0) is 22.7. The number of hydrogen-bond acceptors (Lipinski definition) is 8. The van der Waals surface area contributed by atoms with E-state index < -0.39 is 42.4 Å². The molecule has 0 bridgehead atoms. The highest BCUT2D eigenvalue weighted by Crippen LogP contribution is 2.22. The van der Waals surface area contributed by atoms with E-state index in [1.165, 1.54) is 18.3 Å². The summed E-state index contributed by atoms with van der Waals surface area (Å²) in [6.07, 6.45) is 1.02. The molecule has 0 heterocycles. The number of carboxylic acids is 2. The molecule has 0 aliphatic heterocycles. The Morgan fingerprint density at radius 3 is 2.43 bits per heavy atom. The molecule has 2 amide bonds. The average Bonchev–Trinajstić information content (AvgIpc) is 2.67. The number of carbonyl (C=O) groups excluding carboxylic acids is 2. The molecule has 12 heteroatoms. The number of aliphatic imine (C=N–C) groups is 1. The van der Waals surface area contributed by atoms with E-state index in [9.17, 15) is 34.5 Å². The Hall–Kier alpha value is -3.28. The fourth-order valence-electron chi connectivity index (χ4n) is 2.28. The highest BCUT2D eigenvalue weighted by atomic mass is 32.1. The minimum atomic E-state index is -1.25. The Bertz CT molecular complexity index is 815. The molecule has 0 saturated heterocycles. The first-order valence-electron chi connectivity index (χ1n) is 8.79. The van der Waals surface area contributed by atoms with Crippen molar-refractivity contribution in [3.63, 3.8) is 0 Å². The maximum atomic E-state index is 12.0. The number of aliphatic carboxylic acids is 2. The number of aromatic hydroxyl groups is 2. The normalized spacial score (nSPS) is 12.8. The summed E-state index contributed by atoms with van der Waals surface area (Å²) in [5.74, 6) is -4.17. The van der Waals surface area contributed by atoms with Crippen LogP contribution in [0.25, 0.3) is 0 Å². The van der Waals surface area contributed by atoms with Crippen molar-refractivity contribution in [1.82, 2.24) is 10.6 Å². The van der Waals surface area contributed by atoms with Crippen molar-refractivity contribution in [3.8, 4) is 11.5 Å². The zero-order valence-corrected chi connectivity index (χ0v) is 16.7. The zero-order valence-electron chi connectivity index (χ0n) is 15.8. The topological polar surface area (TPSA) is 186 Å².